The Hall–Kier alpha value is -4.30. The van der Waals surface area contributed by atoms with E-state index in [9.17, 15) is 0 Å². The van der Waals surface area contributed by atoms with E-state index in [4.69, 9.17) is 11.8 Å². The average Bonchev–Trinajstić information content (AvgIpc) is 3.32. The molecule has 5 aromatic carbocycles. The maximum absolute atomic E-state index is 5.50. The average molecular weight is 577 g/mol. The predicted molar refractivity (Wildman–Crippen MR) is 182 cm³/mol. The van der Waals surface area contributed by atoms with E-state index >= 15 is 0 Å². The Morgan fingerprint density at radius 3 is 2.31 bits per heavy atom. The maximum atomic E-state index is 5.50. The first-order valence-corrected chi connectivity index (χ1v) is 16.3. The van der Waals surface area contributed by atoms with Crippen LogP contribution >= 0.6 is 7.36 Å². The molecule has 2 heterocycles. The van der Waals surface area contributed by atoms with Crippen molar-refractivity contribution >= 4 is 46.9 Å². The molecule has 0 amide bonds. The number of para-hydroxylation sites is 1. The number of nitrogens with zero attached hydrogens (tertiary/aromatic N) is 1. The lowest BCUT2D eigenvalue weighted by atomic mass is 9.74. The highest BCUT2D eigenvalue weighted by Crippen LogP contribution is 2.54. The molecule has 0 fully saturated rings. The van der Waals surface area contributed by atoms with Crippen molar-refractivity contribution < 1.29 is 0 Å². The van der Waals surface area contributed by atoms with E-state index in [-0.39, 0.29) is 17.6 Å². The van der Waals surface area contributed by atoms with Crippen molar-refractivity contribution in [2.45, 2.75) is 24.5 Å². The number of anilines is 2. The van der Waals surface area contributed by atoms with Gasteiger partial charge >= 0.3 is 0 Å². The van der Waals surface area contributed by atoms with Gasteiger partial charge in [0.05, 0.1) is 6.04 Å². The van der Waals surface area contributed by atoms with Crippen LogP contribution < -0.4 is 10.2 Å². The summed E-state index contributed by atoms with van der Waals surface area (Å²) in [5.41, 5.74) is 9.78. The van der Waals surface area contributed by atoms with Crippen LogP contribution in [0.4, 0.5) is 11.4 Å². The fraction of sp³-hybridized carbons (Fsp3) is 0.105. The molecule has 0 radical (unpaired) electrons. The fourth-order valence-electron chi connectivity index (χ4n) is 7.17. The summed E-state index contributed by atoms with van der Waals surface area (Å²) in [7, 11) is 0.885. The number of rotatable bonds is 4. The van der Waals surface area contributed by atoms with Crippen molar-refractivity contribution in [3.8, 4) is 11.1 Å². The van der Waals surface area contributed by atoms with Crippen LogP contribution in [0, 0.1) is 0 Å². The molecule has 0 bridgehead atoms. The molecule has 0 saturated carbocycles. The molecule has 0 aromatic heterocycles. The van der Waals surface area contributed by atoms with Crippen molar-refractivity contribution in [2.24, 2.45) is 0 Å². The number of hydrogen-bond acceptors (Lipinski definition) is 3. The third-order valence-electron chi connectivity index (χ3n) is 9.09. The molecule has 202 valence electrons. The summed E-state index contributed by atoms with van der Waals surface area (Å²) in [5.74, 6) is 0. The summed E-state index contributed by atoms with van der Waals surface area (Å²) in [6.45, 7) is 2.39. The van der Waals surface area contributed by atoms with Gasteiger partial charge in [0.15, 0.2) is 0 Å². The molecule has 5 aromatic rings. The molecule has 42 heavy (non-hydrogen) atoms. The van der Waals surface area contributed by atoms with E-state index in [2.05, 4.69) is 157 Å². The van der Waals surface area contributed by atoms with E-state index in [1.165, 1.54) is 55.2 Å². The first-order valence-electron chi connectivity index (χ1n) is 14.4. The highest BCUT2D eigenvalue weighted by atomic mass is 32.4. The summed E-state index contributed by atoms with van der Waals surface area (Å²) < 4.78 is 0. The van der Waals surface area contributed by atoms with Gasteiger partial charge in [-0.15, -0.1) is 0 Å². The SMILES string of the molecule is CC12C=C(P=S)C=CC1N(C1C=C(c3ccc(-c4ccccc4)cc3)c3ccccc3N1)c1ccc3ccccc3c12. The van der Waals surface area contributed by atoms with Crippen molar-refractivity contribution in [3.05, 3.63) is 162 Å². The standard InChI is InChI=1S/C38H29N2PS/c1-38-24-29(41-42)20-22-35(38)40(34-21-19-27-11-5-6-12-30(27)37(34)38)36-23-32(31-13-7-8-14-33(31)39-36)28-17-15-26(16-18-28)25-9-3-2-4-10-25/h2-24,35-36,39H,1H3. The maximum Gasteiger partial charge on any atom is 0.120 e. The van der Waals surface area contributed by atoms with Gasteiger partial charge in [-0.3, -0.25) is 0 Å². The lowest BCUT2D eigenvalue weighted by molar-refractivity contribution is 0.513. The van der Waals surface area contributed by atoms with E-state index in [1.807, 2.05) is 0 Å². The first-order chi connectivity index (χ1) is 20.6. The van der Waals surface area contributed by atoms with Crippen LogP contribution in [0.3, 0.4) is 0 Å². The van der Waals surface area contributed by atoms with Crippen LogP contribution in [0.5, 0.6) is 0 Å². The molecule has 2 aliphatic heterocycles. The molecule has 3 unspecified atom stereocenters. The number of fused-ring (bicyclic) bond motifs is 6. The van der Waals surface area contributed by atoms with Gasteiger partial charge in [-0.05, 0) is 63.7 Å². The van der Waals surface area contributed by atoms with Crippen LogP contribution in [0.2, 0.25) is 0 Å². The van der Waals surface area contributed by atoms with Gasteiger partial charge in [0, 0.05) is 35.0 Å². The summed E-state index contributed by atoms with van der Waals surface area (Å²) >= 11 is 5.50. The predicted octanol–water partition coefficient (Wildman–Crippen LogP) is 9.70. The smallest absolute Gasteiger partial charge is 0.120 e. The molecule has 4 heteroatoms. The van der Waals surface area contributed by atoms with Crippen molar-refractivity contribution in [2.75, 3.05) is 10.2 Å². The molecule has 3 atom stereocenters. The van der Waals surface area contributed by atoms with Gasteiger partial charge in [-0.25, -0.2) is 0 Å². The minimum absolute atomic E-state index is 0.0314. The molecule has 0 saturated heterocycles. The first kappa shape index (κ1) is 25.4. The normalized spacial score (nSPS) is 22.2. The second-order valence-electron chi connectivity index (χ2n) is 11.5. The van der Waals surface area contributed by atoms with Crippen LogP contribution in [0.15, 0.2) is 145 Å². The number of nitrogens with one attached hydrogen (secondary N) is 1. The Morgan fingerprint density at radius 2 is 1.48 bits per heavy atom. The molecule has 8 rings (SSSR count). The van der Waals surface area contributed by atoms with Crippen LogP contribution in [0.25, 0.3) is 27.5 Å². The summed E-state index contributed by atoms with van der Waals surface area (Å²) in [4.78, 5) is 2.58. The van der Waals surface area contributed by atoms with E-state index in [0.717, 1.165) is 13.0 Å². The molecule has 2 nitrogen and oxygen atoms in total. The van der Waals surface area contributed by atoms with Gasteiger partial charge < -0.3 is 10.2 Å². The summed E-state index contributed by atoms with van der Waals surface area (Å²) in [6, 6.07) is 41.8. The fourth-order valence-corrected chi connectivity index (χ4v) is 7.98. The molecular formula is C38H29N2PS. The Bertz CT molecular complexity index is 1960. The molecular weight excluding hydrogens is 547 g/mol. The summed E-state index contributed by atoms with van der Waals surface area (Å²) in [5, 5.41) is 7.70. The molecule has 0 spiro atoms. The number of hydrogen-bond donors (Lipinski definition) is 1. The summed E-state index contributed by atoms with van der Waals surface area (Å²) in [6.07, 6.45) is 9.40. The molecule has 1 aliphatic carbocycles. The Morgan fingerprint density at radius 1 is 0.762 bits per heavy atom. The van der Waals surface area contributed by atoms with Crippen LogP contribution in [0.1, 0.15) is 23.6 Å². The van der Waals surface area contributed by atoms with Gasteiger partial charge in [-0.2, -0.15) is 0 Å². The van der Waals surface area contributed by atoms with Crippen LogP contribution in [-0.4, -0.2) is 12.2 Å². The highest BCUT2D eigenvalue weighted by Gasteiger charge is 2.49. The minimum atomic E-state index is -0.198. The molecule has 1 N–H and O–H groups in total. The van der Waals surface area contributed by atoms with Crippen molar-refractivity contribution in [1.82, 2.24) is 0 Å². The topological polar surface area (TPSA) is 15.3 Å². The zero-order valence-corrected chi connectivity index (χ0v) is 24.9. The van der Waals surface area contributed by atoms with Gasteiger partial charge in [0.1, 0.15) is 6.17 Å². The van der Waals surface area contributed by atoms with Crippen molar-refractivity contribution in [1.29, 1.82) is 0 Å². The van der Waals surface area contributed by atoms with E-state index in [1.54, 1.807) is 0 Å². The molecule has 3 aliphatic rings. The second-order valence-corrected chi connectivity index (χ2v) is 12.7. The zero-order valence-electron chi connectivity index (χ0n) is 23.2. The van der Waals surface area contributed by atoms with Gasteiger partial charge in [0.25, 0.3) is 0 Å². The lowest BCUT2D eigenvalue weighted by Gasteiger charge is -2.41. The second kappa shape index (κ2) is 9.91. The Balaban J connectivity index is 1.29. The zero-order chi connectivity index (χ0) is 28.3. The van der Waals surface area contributed by atoms with Gasteiger partial charge in [0.2, 0.25) is 0 Å². The third kappa shape index (κ3) is 3.92. The minimum Gasteiger partial charge on any atom is -0.361 e. The largest absolute Gasteiger partial charge is 0.361 e. The quantitative estimate of drug-likeness (QED) is 0.215. The lowest BCUT2D eigenvalue weighted by Crippen LogP contribution is -2.50. The van der Waals surface area contributed by atoms with E-state index < -0.39 is 0 Å². The number of allylic oxidation sites excluding steroid dienone is 2. The highest BCUT2D eigenvalue weighted by molar-refractivity contribution is 7.98. The van der Waals surface area contributed by atoms with Crippen molar-refractivity contribution in [3.63, 3.8) is 0 Å². The number of benzene rings is 5. The Labute approximate surface area is 253 Å². The van der Waals surface area contributed by atoms with Crippen LogP contribution in [-0.2, 0) is 17.2 Å². The Kier molecular flexibility index (Phi) is 6.00. The monoisotopic (exact) mass is 576 g/mol. The van der Waals surface area contributed by atoms with E-state index in [0.29, 0.717) is 0 Å². The van der Waals surface area contributed by atoms with Gasteiger partial charge in [-0.1, -0.05) is 133 Å². The third-order valence-corrected chi connectivity index (χ3v) is 10.2.